The number of ketones is 1. The lowest BCUT2D eigenvalue weighted by Gasteiger charge is -2.25. The third-order valence-electron chi connectivity index (χ3n) is 5.91. The van der Waals surface area contributed by atoms with E-state index in [-0.39, 0.29) is 31.1 Å². The van der Waals surface area contributed by atoms with E-state index >= 15 is 0 Å². The fraction of sp³-hybridized carbons (Fsp3) is 0.565. The Balaban J connectivity index is 1.69. The molecule has 1 saturated carbocycles. The van der Waals surface area contributed by atoms with Gasteiger partial charge in [-0.2, -0.15) is 13.2 Å². The van der Waals surface area contributed by atoms with Gasteiger partial charge in [-0.15, -0.1) is 0 Å². The van der Waals surface area contributed by atoms with Crippen molar-refractivity contribution in [2.75, 3.05) is 6.61 Å². The summed E-state index contributed by atoms with van der Waals surface area (Å²) >= 11 is 0. The summed E-state index contributed by atoms with van der Waals surface area (Å²) in [5.74, 6) is -3.91. The first-order chi connectivity index (χ1) is 15.9. The summed E-state index contributed by atoms with van der Waals surface area (Å²) in [7, 11) is 0. The maximum absolute atomic E-state index is 13.1. The Hall–Kier alpha value is -2.95. The van der Waals surface area contributed by atoms with Crippen LogP contribution in [0.4, 0.5) is 13.2 Å². The maximum Gasteiger partial charge on any atom is 0.471 e. The minimum Gasteiger partial charge on any atom is -0.361 e. The van der Waals surface area contributed by atoms with Crippen LogP contribution in [0.5, 0.6) is 0 Å². The van der Waals surface area contributed by atoms with Crippen LogP contribution in [0.1, 0.15) is 38.7 Å². The van der Waals surface area contributed by atoms with Gasteiger partial charge < -0.3 is 20.7 Å². The molecule has 3 amide bonds. The first-order valence-corrected chi connectivity index (χ1v) is 11.1. The molecule has 34 heavy (non-hydrogen) atoms. The summed E-state index contributed by atoms with van der Waals surface area (Å²) < 4.78 is 42.7. The van der Waals surface area contributed by atoms with Crippen LogP contribution in [0.25, 0.3) is 0 Å². The van der Waals surface area contributed by atoms with Gasteiger partial charge in [0.15, 0.2) is 5.78 Å². The lowest BCUT2D eigenvalue weighted by molar-refractivity contribution is -0.174. The lowest BCUT2D eigenvalue weighted by Crippen LogP contribution is -2.57. The van der Waals surface area contributed by atoms with Crippen LogP contribution in [-0.4, -0.2) is 60.0 Å². The molecule has 2 fully saturated rings. The highest BCUT2D eigenvalue weighted by Gasteiger charge is 2.50. The lowest BCUT2D eigenvalue weighted by atomic mass is 9.94. The zero-order chi connectivity index (χ0) is 25.1. The van der Waals surface area contributed by atoms with Gasteiger partial charge in [-0.1, -0.05) is 43.2 Å². The van der Waals surface area contributed by atoms with Crippen LogP contribution in [0.3, 0.4) is 0 Å². The highest BCUT2D eigenvalue weighted by molar-refractivity contribution is 5.98. The quantitative estimate of drug-likeness (QED) is 0.412. The zero-order valence-electron chi connectivity index (χ0n) is 18.9. The van der Waals surface area contributed by atoms with Gasteiger partial charge >= 0.3 is 12.1 Å². The monoisotopic (exact) mass is 483 g/mol. The van der Waals surface area contributed by atoms with Gasteiger partial charge in [-0.05, 0) is 38.2 Å². The van der Waals surface area contributed by atoms with E-state index in [1.165, 1.54) is 0 Å². The summed E-state index contributed by atoms with van der Waals surface area (Å²) in [5.41, 5.74) is -0.171. The van der Waals surface area contributed by atoms with E-state index in [1.807, 2.05) is 18.2 Å². The summed E-state index contributed by atoms with van der Waals surface area (Å²) in [6.45, 7) is 2.97. The largest absolute Gasteiger partial charge is 0.471 e. The molecule has 8 nitrogen and oxygen atoms in total. The average molecular weight is 483 g/mol. The van der Waals surface area contributed by atoms with Gasteiger partial charge in [0.1, 0.15) is 17.7 Å². The number of amides is 3. The molecule has 0 bridgehead atoms. The van der Waals surface area contributed by atoms with Crippen LogP contribution in [0, 0.1) is 5.92 Å². The molecule has 1 saturated heterocycles. The van der Waals surface area contributed by atoms with Crippen LogP contribution < -0.4 is 16.0 Å². The fourth-order valence-electron chi connectivity index (χ4n) is 3.51. The van der Waals surface area contributed by atoms with Crippen molar-refractivity contribution >= 4 is 23.5 Å². The van der Waals surface area contributed by atoms with E-state index in [0.29, 0.717) is 0 Å². The predicted octanol–water partition coefficient (Wildman–Crippen LogP) is 1.42. The number of nitrogens with one attached hydrogen (secondary N) is 3. The molecule has 1 aliphatic carbocycles. The number of rotatable bonds is 11. The average Bonchev–Trinajstić information content (AvgIpc) is 3.70. The normalized spacial score (nSPS) is 22.1. The van der Waals surface area contributed by atoms with E-state index in [1.54, 1.807) is 24.4 Å². The SMILES string of the molecule is C[C@H](NC(=O)C(F)(F)F)C(=O)N[C@@H](CC1CC1)C(=O)N[C@@H](Cc1ccccc1)C(=O)[C@@]1(C)CO1. The predicted molar refractivity (Wildman–Crippen MR) is 114 cm³/mol. The summed E-state index contributed by atoms with van der Waals surface area (Å²) in [6, 6.07) is 5.58. The van der Waals surface area contributed by atoms with E-state index < -0.39 is 47.6 Å². The molecular weight excluding hydrogens is 455 g/mol. The van der Waals surface area contributed by atoms with Crippen molar-refractivity contribution in [3.05, 3.63) is 35.9 Å². The highest BCUT2D eigenvalue weighted by atomic mass is 19.4. The van der Waals surface area contributed by atoms with Crippen LogP contribution in [0.15, 0.2) is 30.3 Å². The number of alkyl halides is 3. The van der Waals surface area contributed by atoms with Crippen molar-refractivity contribution in [2.24, 2.45) is 5.92 Å². The highest BCUT2D eigenvalue weighted by Crippen LogP contribution is 2.34. The van der Waals surface area contributed by atoms with Gasteiger partial charge in [-0.25, -0.2) is 0 Å². The molecule has 1 aromatic rings. The molecule has 3 N–H and O–H groups in total. The number of halogens is 3. The minimum absolute atomic E-state index is 0.184. The Labute approximate surface area is 195 Å². The van der Waals surface area contributed by atoms with Crippen LogP contribution in [0.2, 0.25) is 0 Å². The molecule has 186 valence electrons. The van der Waals surface area contributed by atoms with E-state index in [4.69, 9.17) is 4.74 Å². The molecular formula is C23H28F3N3O5. The van der Waals surface area contributed by atoms with E-state index in [2.05, 4.69) is 10.6 Å². The van der Waals surface area contributed by atoms with Crippen molar-refractivity contribution in [1.82, 2.24) is 16.0 Å². The van der Waals surface area contributed by atoms with Gasteiger partial charge in [0.25, 0.3) is 0 Å². The second-order valence-electron chi connectivity index (χ2n) is 9.07. The van der Waals surface area contributed by atoms with Crippen LogP contribution >= 0.6 is 0 Å². The number of benzene rings is 1. The Bertz CT molecular complexity index is 930. The van der Waals surface area contributed by atoms with Crippen molar-refractivity contribution in [3.63, 3.8) is 0 Å². The topological polar surface area (TPSA) is 117 Å². The Morgan fingerprint density at radius 1 is 1.03 bits per heavy atom. The minimum atomic E-state index is -5.13. The smallest absolute Gasteiger partial charge is 0.361 e. The number of hydrogen-bond donors (Lipinski definition) is 3. The molecule has 2 aliphatic rings. The second kappa shape index (κ2) is 10.1. The van der Waals surface area contributed by atoms with E-state index in [9.17, 15) is 32.3 Å². The summed E-state index contributed by atoms with van der Waals surface area (Å²) in [4.78, 5) is 49.7. The Morgan fingerprint density at radius 3 is 2.15 bits per heavy atom. The molecule has 0 radical (unpaired) electrons. The number of Topliss-reactive ketones (excluding diaryl/α,β-unsaturated/α-hetero) is 1. The van der Waals surface area contributed by atoms with Crippen LogP contribution in [-0.2, 0) is 30.3 Å². The fourth-order valence-corrected chi connectivity index (χ4v) is 3.51. The molecule has 0 spiro atoms. The third-order valence-corrected chi connectivity index (χ3v) is 5.91. The van der Waals surface area contributed by atoms with Gasteiger partial charge in [0.05, 0.1) is 12.6 Å². The number of hydrogen-bond acceptors (Lipinski definition) is 5. The number of epoxide rings is 1. The first-order valence-electron chi connectivity index (χ1n) is 11.1. The molecule has 1 aliphatic heterocycles. The number of carbonyl (C=O) groups is 4. The van der Waals surface area contributed by atoms with Gasteiger partial charge in [0, 0.05) is 0 Å². The van der Waals surface area contributed by atoms with Crippen molar-refractivity contribution in [3.8, 4) is 0 Å². The Kier molecular flexibility index (Phi) is 7.64. The van der Waals surface area contributed by atoms with Crippen molar-refractivity contribution in [2.45, 2.75) is 69.4 Å². The number of carbonyl (C=O) groups excluding carboxylic acids is 4. The third kappa shape index (κ3) is 7.02. The summed E-state index contributed by atoms with van der Waals surface area (Å²) in [5, 5.41) is 6.71. The van der Waals surface area contributed by atoms with Crippen molar-refractivity contribution < 1.29 is 37.1 Å². The first kappa shape index (κ1) is 25.7. The molecule has 11 heteroatoms. The number of ether oxygens (including phenoxy) is 1. The Morgan fingerprint density at radius 2 is 1.62 bits per heavy atom. The maximum atomic E-state index is 13.1. The van der Waals surface area contributed by atoms with Gasteiger partial charge in [0.2, 0.25) is 11.8 Å². The molecule has 1 aromatic carbocycles. The van der Waals surface area contributed by atoms with Crippen molar-refractivity contribution in [1.29, 1.82) is 0 Å². The summed E-state index contributed by atoms with van der Waals surface area (Å²) in [6.07, 6.45) is -2.92. The molecule has 3 rings (SSSR count). The van der Waals surface area contributed by atoms with Gasteiger partial charge in [-0.3, -0.25) is 19.2 Å². The standard InChI is InChI=1S/C23H28F3N3O5/c1-13(27-21(33)23(24,25)26)19(31)29-17(11-15-8-9-15)20(32)28-16(18(30)22(2)12-34-22)10-14-6-4-3-5-7-14/h3-7,13,15-17H,8-12H2,1-2H3,(H,27,33)(H,28,32)(H,29,31)/t13-,16-,17-,22+/m0/s1. The molecule has 0 aromatic heterocycles. The second-order valence-corrected chi connectivity index (χ2v) is 9.07. The van der Waals surface area contributed by atoms with E-state index in [0.717, 1.165) is 25.3 Å². The molecule has 0 unspecified atom stereocenters. The zero-order valence-corrected chi connectivity index (χ0v) is 18.9. The molecule has 1 heterocycles. The molecule has 4 atom stereocenters.